The van der Waals surface area contributed by atoms with Crippen molar-refractivity contribution in [3.05, 3.63) is 77.9 Å². The number of hydrogen-bond donors (Lipinski definition) is 4. The topological polar surface area (TPSA) is 108 Å². The fraction of sp³-hybridized carbons (Fsp3) is 0.296. The van der Waals surface area contributed by atoms with Gasteiger partial charge in [0.05, 0.1) is 12.2 Å². The van der Waals surface area contributed by atoms with Crippen LogP contribution in [0.3, 0.4) is 0 Å². The molecule has 3 rings (SSSR count). The summed E-state index contributed by atoms with van der Waals surface area (Å²) in [6, 6.07) is 18.9. The quantitative estimate of drug-likeness (QED) is 0.306. The van der Waals surface area contributed by atoms with Crippen LogP contribution in [0.2, 0.25) is 0 Å². The van der Waals surface area contributed by atoms with E-state index in [1.165, 1.54) is 0 Å². The van der Waals surface area contributed by atoms with E-state index in [0.717, 1.165) is 16.7 Å². The van der Waals surface area contributed by atoms with Crippen LogP contribution in [0.15, 0.2) is 66.7 Å². The van der Waals surface area contributed by atoms with Crippen molar-refractivity contribution in [2.45, 2.75) is 39.0 Å². The summed E-state index contributed by atoms with van der Waals surface area (Å²) >= 11 is 0. The van der Waals surface area contributed by atoms with Gasteiger partial charge in [-0.05, 0) is 73.9 Å². The molecule has 0 radical (unpaired) electrons. The number of carboxylic acids is 1. The first-order chi connectivity index (χ1) is 16.2. The number of phenols is 1. The Morgan fingerprint density at radius 3 is 2.21 bits per heavy atom. The molecule has 7 nitrogen and oxygen atoms in total. The Morgan fingerprint density at radius 2 is 1.59 bits per heavy atom. The lowest BCUT2D eigenvalue weighted by atomic mass is 10.0. The molecule has 0 aliphatic carbocycles. The van der Waals surface area contributed by atoms with E-state index >= 15 is 0 Å². The second kappa shape index (κ2) is 11.5. The largest absolute Gasteiger partial charge is 0.508 e. The van der Waals surface area contributed by atoms with Crippen LogP contribution in [0.25, 0.3) is 11.1 Å². The van der Waals surface area contributed by atoms with Crippen LogP contribution in [0.1, 0.15) is 42.8 Å². The predicted molar refractivity (Wildman–Crippen MR) is 131 cm³/mol. The van der Waals surface area contributed by atoms with Crippen molar-refractivity contribution in [2.75, 3.05) is 13.2 Å². The summed E-state index contributed by atoms with van der Waals surface area (Å²) in [6.45, 7) is 6.57. The maximum atomic E-state index is 11.5. The molecule has 0 saturated carbocycles. The number of nitrogens with one attached hydrogen (secondary N) is 1. The van der Waals surface area contributed by atoms with Crippen LogP contribution < -0.4 is 14.8 Å². The van der Waals surface area contributed by atoms with E-state index in [-0.39, 0.29) is 23.5 Å². The van der Waals surface area contributed by atoms with E-state index in [2.05, 4.69) is 5.32 Å². The summed E-state index contributed by atoms with van der Waals surface area (Å²) in [5.41, 5.74) is 2.63. The highest BCUT2D eigenvalue weighted by atomic mass is 16.5. The van der Waals surface area contributed by atoms with Crippen LogP contribution in [0.4, 0.5) is 0 Å². The van der Waals surface area contributed by atoms with Gasteiger partial charge in [-0.1, -0.05) is 30.3 Å². The summed E-state index contributed by atoms with van der Waals surface area (Å²) in [6.07, 6.45) is -0.834. The van der Waals surface area contributed by atoms with E-state index in [1.54, 1.807) is 42.5 Å². The van der Waals surface area contributed by atoms with Crippen molar-refractivity contribution in [3.63, 3.8) is 0 Å². The number of rotatable bonds is 11. The first-order valence-electron chi connectivity index (χ1n) is 11.2. The van der Waals surface area contributed by atoms with Crippen LogP contribution in [-0.2, 0) is 0 Å². The summed E-state index contributed by atoms with van der Waals surface area (Å²) in [5.74, 6) is 0.190. The van der Waals surface area contributed by atoms with Crippen molar-refractivity contribution in [2.24, 2.45) is 0 Å². The molecule has 0 saturated heterocycles. The standard InChI is InChI=1S/C27H31NO6/c1-17(2)34-25-16-21(8-13-24(25)27(31)32)19-6-11-23(12-7-19)33-15-14-28-18(3)26(30)20-4-9-22(29)10-5-20/h4-13,16-18,26,28-30H,14-15H2,1-3H3,(H,31,32)/t18-,26+/m0/s1. The Balaban J connectivity index is 1.54. The molecular weight excluding hydrogens is 434 g/mol. The summed E-state index contributed by atoms with van der Waals surface area (Å²) in [4.78, 5) is 11.5. The molecule has 0 bridgehead atoms. The Kier molecular flexibility index (Phi) is 8.51. The number of aromatic hydroxyl groups is 1. The first kappa shape index (κ1) is 25.1. The molecule has 0 aliphatic rings. The molecule has 2 atom stereocenters. The van der Waals surface area contributed by atoms with Gasteiger partial charge in [-0.3, -0.25) is 0 Å². The summed E-state index contributed by atoms with van der Waals surface area (Å²) in [5, 5.41) is 32.4. The monoisotopic (exact) mass is 465 g/mol. The Morgan fingerprint density at radius 1 is 0.941 bits per heavy atom. The maximum Gasteiger partial charge on any atom is 0.339 e. The minimum atomic E-state index is -1.02. The zero-order chi connectivity index (χ0) is 24.7. The Hall–Kier alpha value is -3.55. The van der Waals surface area contributed by atoms with Crippen molar-refractivity contribution >= 4 is 5.97 Å². The lowest BCUT2D eigenvalue weighted by Crippen LogP contribution is -2.35. The number of carboxylic acid groups (broad SMARTS) is 1. The smallest absolute Gasteiger partial charge is 0.339 e. The van der Waals surface area contributed by atoms with E-state index in [9.17, 15) is 20.1 Å². The third-order valence-corrected chi connectivity index (χ3v) is 5.31. The number of aromatic carboxylic acids is 1. The van der Waals surface area contributed by atoms with Gasteiger partial charge in [0.1, 0.15) is 29.4 Å². The van der Waals surface area contributed by atoms with E-state index in [1.807, 2.05) is 45.0 Å². The zero-order valence-electron chi connectivity index (χ0n) is 19.6. The lowest BCUT2D eigenvalue weighted by Gasteiger charge is -2.21. The van der Waals surface area contributed by atoms with Gasteiger partial charge in [-0.15, -0.1) is 0 Å². The van der Waals surface area contributed by atoms with Crippen LogP contribution in [0, 0.1) is 0 Å². The SMILES string of the molecule is CC(C)Oc1cc(-c2ccc(OCCN[C@@H](C)[C@@H](O)c3ccc(O)cc3)cc2)ccc1C(=O)O. The number of benzene rings is 3. The maximum absolute atomic E-state index is 11.5. The van der Waals surface area contributed by atoms with Gasteiger partial charge in [0.2, 0.25) is 0 Å². The lowest BCUT2D eigenvalue weighted by molar-refractivity contribution is 0.0690. The second-order valence-electron chi connectivity index (χ2n) is 8.33. The molecule has 0 aliphatic heterocycles. The number of carbonyl (C=O) groups is 1. The number of phenolic OH excluding ortho intramolecular Hbond substituents is 1. The molecule has 0 spiro atoms. The van der Waals surface area contributed by atoms with Gasteiger partial charge < -0.3 is 30.1 Å². The zero-order valence-corrected chi connectivity index (χ0v) is 19.6. The van der Waals surface area contributed by atoms with Gasteiger partial charge in [0.25, 0.3) is 0 Å². The summed E-state index contributed by atoms with van der Waals surface area (Å²) in [7, 11) is 0. The van der Waals surface area contributed by atoms with E-state index < -0.39 is 12.1 Å². The minimum absolute atomic E-state index is 0.134. The van der Waals surface area contributed by atoms with E-state index in [4.69, 9.17) is 9.47 Å². The third kappa shape index (κ3) is 6.73. The molecule has 7 heteroatoms. The van der Waals surface area contributed by atoms with Gasteiger partial charge in [0.15, 0.2) is 0 Å². The average molecular weight is 466 g/mol. The predicted octanol–water partition coefficient (Wildman–Crippen LogP) is 4.64. The molecular formula is C27H31NO6. The van der Waals surface area contributed by atoms with Gasteiger partial charge >= 0.3 is 5.97 Å². The highest BCUT2D eigenvalue weighted by Crippen LogP contribution is 2.29. The number of aliphatic hydroxyl groups is 1. The van der Waals surface area contributed by atoms with Crippen LogP contribution in [0.5, 0.6) is 17.2 Å². The Bertz CT molecular complexity index is 1080. The van der Waals surface area contributed by atoms with Crippen LogP contribution in [-0.4, -0.2) is 46.6 Å². The van der Waals surface area contributed by atoms with E-state index in [0.29, 0.717) is 24.7 Å². The molecule has 0 unspecified atom stereocenters. The van der Waals surface area contributed by atoms with Gasteiger partial charge in [0, 0.05) is 12.6 Å². The van der Waals surface area contributed by atoms with Crippen molar-refractivity contribution in [1.82, 2.24) is 5.32 Å². The molecule has 0 heterocycles. The van der Waals surface area contributed by atoms with Crippen molar-refractivity contribution < 1.29 is 29.6 Å². The molecule has 0 aromatic heterocycles. The highest BCUT2D eigenvalue weighted by Gasteiger charge is 2.16. The third-order valence-electron chi connectivity index (χ3n) is 5.31. The minimum Gasteiger partial charge on any atom is -0.508 e. The molecule has 34 heavy (non-hydrogen) atoms. The van der Waals surface area contributed by atoms with Crippen LogP contribution >= 0.6 is 0 Å². The highest BCUT2D eigenvalue weighted by molar-refractivity contribution is 5.92. The Labute approximate surface area is 199 Å². The number of aliphatic hydroxyl groups excluding tert-OH is 1. The molecule has 0 fully saturated rings. The number of hydrogen-bond acceptors (Lipinski definition) is 6. The first-order valence-corrected chi connectivity index (χ1v) is 11.2. The molecule has 3 aromatic carbocycles. The fourth-order valence-electron chi connectivity index (χ4n) is 3.50. The normalized spacial score (nSPS) is 12.9. The van der Waals surface area contributed by atoms with Crippen molar-refractivity contribution in [1.29, 1.82) is 0 Å². The fourth-order valence-corrected chi connectivity index (χ4v) is 3.50. The molecule has 3 aromatic rings. The average Bonchev–Trinajstić information content (AvgIpc) is 2.81. The van der Waals surface area contributed by atoms with Gasteiger partial charge in [-0.2, -0.15) is 0 Å². The van der Waals surface area contributed by atoms with Gasteiger partial charge in [-0.25, -0.2) is 4.79 Å². The second-order valence-corrected chi connectivity index (χ2v) is 8.33. The molecule has 180 valence electrons. The van der Waals surface area contributed by atoms with Crippen molar-refractivity contribution in [3.8, 4) is 28.4 Å². The molecule has 4 N–H and O–H groups in total. The molecule has 0 amide bonds. The summed E-state index contributed by atoms with van der Waals surface area (Å²) < 4.78 is 11.5. The number of ether oxygens (including phenoxy) is 2.